The molecular weight excluding hydrogens is 373 g/mol. The molecule has 0 aliphatic heterocycles. The van der Waals surface area contributed by atoms with Crippen molar-refractivity contribution in [3.63, 3.8) is 0 Å². The molecule has 2 N–H and O–H groups in total. The molecule has 1 heterocycles. The second-order valence-electron chi connectivity index (χ2n) is 6.53. The minimum absolute atomic E-state index is 0.119. The summed E-state index contributed by atoms with van der Waals surface area (Å²) in [5.74, 6) is -1.43. The number of nitrogens with zero attached hydrogens (tertiary/aromatic N) is 1. The van der Waals surface area contributed by atoms with Crippen LogP contribution in [0.2, 0.25) is 0 Å². The Bertz CT molecular complexity index is 853. The number of anilines is 1. The molecule has 0 saturated carbocycles. The van der Waals surface area contributed by atoms with Gasteiger partial charge in [0.15, 0.2) is 0 Å². The molecule has 7 nitrogen and oxygen atoms in total. The van der Waals surface area contributed by atoms with E-state index in [0.717, 1.165) is 6.07 Å². The van der Waals surface area contributed by atoms with Crippen molar-refractivity contribution in [2.75, 3.05) is 31.1 Å². The Morgan fingerprint density at radius 2 is 2.00 bits per heavy atom. The van der Waals surface area contributed by atoms with Crippen molar-refractivity contribution in [1.82, 2.24) is 10.2 Å². The molecule has 0 aliphatic rings. The molecule has 2 aromatic rings. The van der Waals surface area contributed by atoms with Crippen LogP contribution >= 0.6 is 0 Å². The number of amides is 1. The Morgan fingerprint density at radius 3 is 2.59 bits per heavy atom. The molecule has 1 amide bonds. The van der Waals surface area contributed by atoms with Crippen LogP contribution in [-0.2, 0) is 14.8 Å². The Morgan fingerprint density at radius 1 is 1.26 bits per heavy atom. The molecular formula is C18H24FN3O4S. The number of carbonyl (C=O) groups excluding carboxylic acids is 1. The van der Waals surface area contributed by atoms with Crippen LogP contribution in [0.4, 0.5) is 10.1 Å². The molecule has 1 aromatic heterocycles. The smallest absolute Gasteiger partial charge is 0.233 e. The van der Waals surface area contributed by atoms with Gasteiger partial charge in [0, 0.05) is 6.54 Å². The fourth-order valence-corrected chi connectivity index (χ4v) is 3.95. The summed E-state index contributed by atoms with van der Waals surface area (Å²) in [5.41, 5.74) is 0.119. The molecule has 0 spiro atoms. The number of halogens is 1. The van der Waals surface area contributed by atoms with Crippen LogP contribution in [0, 0.1) is 11.7 Å². The lowest BCUT2D eigenvalue weighted by atomic mass is 10.1. The molecule has 27 heavy (non-hydrogen) atoms. The first-order valence-corrected chi connectivity index (χ1v) is 10.1. The van der Waals surface area contributed by atoms with Crippen molar-refractivity contribution >= 4 is 21.6 Å². The van der Waals surface area contributed by atoms with Gasteiger partial charge in [0.25, 0.3) is 0 Å². The lowest BCUT2D eigenvalue weighted by Crippen LogP contribution is -2.39. The van der Waals surface area contributed by atoms with Gasteiger partial charge in [0.1, 0.15) is 11.6 Å². The van der Waals surface area contributed by atoms with Crippen LogP contribution in [0.15, 0.2) is 47.1 Å². The molecule has 2 unspecified atom stereocenters. The van der Waals surface area contributed by atoms with Gasteiger partial charge >= 0.3 is 0 Å². The van der Waals surface area contributed by atoms with Crippen molar-refractivity contribution < 1.29 is 22.0 Å². The molecule has 0 bridgehead atoms. The molecule has 0 radical (unpaired) electrons. The lowest BCUT2D eigenvalue weighted by Gasteiger charge is -2.23. The number of carbonyl (C=O) groups is 1. The highest BCUT2D eigenvalue weighted by atomic mass is 32.2. The van der Waals surface area contributed by atoms with Crippen LogP contribution in [0.25, 0.3) is 0 Å². The van der Waals surface area contributed by atoms with Crippen LogP contribution in [-0.4, -0.2) is 45.6 Å². The highest BCUT2D eigenvalue weighted by Gasteiger charge is 2.24. The van der Waals surface area contributed by atoms with Gasteiger partial charge in [-0.3, -0.25) is 14.4 Å². The van der Waals surface area contributed by atoms with Gasteiger partial charge in [-0.15, -0.1) is 0 Å². The molecule has 148 valence electrons. The number of hydrogen-bond donors (Lipinski definition) is 2. The Kier molecular flexibility index (Phi) is 6.98. The van der Waals surface area contributed by atoms with Crippen molar-refractivity contribution in [2.24, 2.45) is 5.92 Å². The Hall–Kier alpha value is -2.39. The van der Waals surface area contributed by atoms with E-state index in [1.54, 1.807) is 12.3 Å². The summed E-state index contributed by atoms with van der Waals surface area (Å²) in [6, 6.07) is 8.55. The predicted molar refractivity (Wildman–Crippen MR) is 101 cm³/mol. The molecule has 0 aliphatic carbocycles. The molecule has 9 heteroatoms. The topological polar surface area (TPSA) is 91.6 Å². The zero-order valence-electron chi connectivity index (χ0n) is 15.5. The highest BCUT2D eigenvalue weighted by Crippen LogP contribution is 2.18. The second-order valence-corrected chi connectivity index (χ2v) is 8.30. The first-order chi connectivity index (χ1) is 12.7. The van der Waals surface area contributed by atoms with Gasteiger partial charge in [-0.05, 0) is 44.4 Å². The fraction of sp³-hybridized carbons (Fsp3) is 0.389. The quantitative estimate of drug-likeness (QED) is 0.677. The number of likely N-dealkylation sites (N-methyl/N-ethyl adjacent to an activating group) is 1. The SMILES string of the molecule is CC(CS(=O)(=O)Nc1cccc(F)c1)C(=O)NCC(c1ccco1)N(C)C. The standard InChI is InChI=1S/C18H24FN3O4S/c1-13(12-27(24,25)21-15-7-4-6-14(19)10-15)18(23)20-11-16(22(2)3)17-8-5-9-26-17/h4-10,13,16,21H,11-12H2,1-3H3,(H,20,23). The van der Waals surface area contributed by atoms with E-state index >= 15 is 0 Å². The van der Waals surface area contributed by atoms with Gasteiger partial charge in [0.2, 0.25) is 15.9 Å². The molecule has 0 saturated heterocycles. The van der Waals surface area contributed by atoms with E-state index in [1.807, 2.05) is 25.1 Å². The number of rotatable bonds is 9. The van der Waals surface area contributed by atoms with Crippen molar-refractivity contribution in [3.05, 3.63) is 54.2 Å². The lowest BCUT2D eigenvalue weighted by molar-refractivity contribution is -0.124. The average molecular weight is 397 g/mol. The van der Waals surface area contributed by atoms with E-state index in [0.29, 0.717) is 5.76 Å². The number of benzene rings is 1. The summed E-state index contributed by atoms with van der Waals surface area (Å²) in [6.45, 7) is 1.80. The average Bonchev–Trinajstić information content (AvgIpc) is 3.07. The first-order valence-electron chi connectivity index (χ1n) is 8.41. The monoisotopic (exact) mass is 397 g/mol. The van der Waals surface area contributed by atoms with E-state index < -0.39 is 33.4 Å². The maximum Gasteiger partial charge on any atom is 0.233 e. The molecule has 1 aromatic carbocycles. The van der Waals surface area contributed by atoms with Gasteiger partial charge in [0.05, 0.1) is 29.7 Å². The first kappa shape index (κ1) is 20.9. The second kappa shape index (κ2) is 9.01. The van der Waals surface area contributed by atoms with Crippen LogP contribution in [0.1, 0.15) is 18.7 Å². The maximum absolute atomic E-state index is 13.2. The van der Waals surface area contributed by atoms with Crippen molar-refractivity contribution in [3.8, 4) is 0 Å². The Balaban J connectivity index is 1.92. The summed E-state index contributed by atoms with van der Waals surface area (Å²) >= 11 is 0. The molecule has 0 fully saturated rings. The zero-order chi connectivity index (χ0) is 20.0. The minimum Gasteiger partial charge on any atom is -0.468 e. The van der Waals surface area contributed by atoms with Crippen molar-refractivity contribution in [1.29, 1.82) is 0 Å². The maximum atomic E-state index is 13.2. The van der Waals surface area contributed by atoms with Crippen LogP contribution in [0.3, 0.4) is 0 Å². The highest BCUT2D eigenvalue weighted by molar-refractivity contribution is 7.92. The normalized spacial score (nSPS) is 14.0. The third kappa shape index (κ3) is 6.37. The van der Waals surface area contributed by atoms with E-state index in [1.165, 1.54) is 25.1 Å². The summed E-state index contributed by atoms with van der Waals surface area (Å²) in [5, 5.41) is 2.75. The number of sulfonamides is 1. The summed E-state index contributed by atoms with van der Waals surface area (Å²) < 4.78 is 45.3. The summed E-state index contributed by atoms with van der Waals surface area (Å²) in [7, 11) is -0.0856. The minimum atomic E-state index is -3.80. The Labute approximate surface area is 158 Å². The van der Waals surface area contributed by atoms with Gasteiger partial charge < -0.3 is 9.73 Å². The molecule has 2 rings (SSSR count). The zero-order valence-corrected chi connectivity index (χ0v) is 16.3. The van der Waals surface area contributed by atoms with Crippen LogP contribution in [0.5, 0.6) is 0 Å². The molecule has 2 atom stereocenters. The van der Waals surface area contributed by atoms with Crippen molar-refractivity contribution in [2.45, 2.75) is 13.0 Å². The summed E-state index contributed by atoms with van der Waals surface area (Å²) in [4.78, 5) is 14.2. The van der Waals surface area contributed by atoms with E-state index in [2.05, 4.69) is 10.0 Å². The van der Waals surface area contributed by atoms with Gasteiger partial charge in [-0.1, -0.05) is 13.0 Å². The summed E-state index contributed by atoms with van der Waals surface area (Å²) in [6.07, 6.45) is 1.56. The number of nitrogens with one attached hydrogen (secondary N) is 2. The van der Waals surface area contributed by atoms with Gasteiger partial charge in [-0.25, -0.2) is 12.8 Å². The number of furan rings is 1. The van der Waals surface area contributed by atoms with E-state index in [4.69, 9.17) is 4.42 Å². The van der Waals surface area contributed by atoms with E-state index in [-0.39, 0.29) is 18.3 Å². The predicted octanol–water partition coefficient (Wildman–Crippen LogP) is 2.22. The third-order valence-electron chi connectivity index (χ3n) is 3.98. The largest absolute Gasteiger partial charge is 0.468 e. The van der Waals surface area contributed by atoms with Crippen LogP contribution < -0.4 is 10.0 Å². The number of hydrogen-bond acceptors (Lipinski definition) is 5. The van der Waals surface area contributed by atoms with E-state index in [9.17, 15) is 17.6 Å². The van der Waals surface area contributed by atoms with Gasteiger partial charge in [-0.2, -0.15) is 0 Å². The third-order valence-corrected chi connectivity index (χ3v) is 5.47. The fourth-order valence-electron chi connectivity index (χ4n) is 2.57.